The predicted molar refractivity (Wildman–Crippen MR) is 143 cm³/mol. The number of carbonyl (C=O) groups is 3. The molecule has 2 N–H and O–H groups in total. The van der Waals surface area contributed by atoms with Gasteiger partial charge in [-0.1, -0.05) is 32.0 Å². The Morgan fingerprint density at radius 3 is 2.30 bits per heavy atom. The number of Topliss-reactive ketones (excluding diaryl/α,β-unsaturated/α-hetero) is 1. The lowest BCUT2D eigenvalue weighted by atomic mass is 9.60. The molecule has 2 aromatic rings. The number of allylic oxidation sites excluding steroid dienone is 1. The van der Waals surface area contributed by atoms with E-state index in [1.165, 1.54) is 12.0 Å². The fourth-order valence-electron chi connectivity index (χ4n) is 6.08. The molecule has 2 heterocycles. The van der Waals surface area contributed by atoms with Crippen molar-refractivity contribution >= 4 is 34.7 Å². The summed E-state index contributed by atoms with van der Waals surface area (Å²) in [6, 6.07) is 15.0. The van der Waals surface area contributed by atoms with Crippen molar-refractivity contribution in [1.29, 1.82) is 0 Å². The third-order valence-electron chi connectivity index (χ3n) is 7.68. The van der Waals surface area contributed by atoms with Gasteiger partial charge in [-0.05, 0) is 42.2 Å². The summed E-state index contributed by atoms with van der Waals surface area (Å²) in [4.78, 5) is 47.1. The SMILES string of the molecule is COC(=O)C1=C(N)N(c2ccc(N(C)C)cc2)C2=C(C(=O)CC(C)(C)C2)C12C(=O)N(C)c1ccccc12. The maximum absolute atomic E-state index is 14.3. The van der Waals surface area contributed by atoms with Gasteiger partial charge in [0, 0.05) is 61.5 Å². The number of carbonyl (C=O) groups excluding carboxylic acids is 3. The van der Waals surface area contributed by atoms with Crippen LogP contribution in [0, 0.1) is 5.41 Å². The molecule has 192 valence electrons. The van der Waals surface area contributed by atoms with E-state index in [1.807, 2.05) is 75.3 Å². The number of anilines is 3. The number of ether oxygens (including phenoxy) is 1. The van der Waals surface area contributed by atoms with E-state index in [9.17, 15) is 14.4 Å². The third kappa shape index (κ3) is 3.31. The van der Waals surface area contributed by atoms with Crippen LogP contribution in [-0.4, -0.2) is 45.9 Å². The lowest BCUT2D eigenvalue weighted by Gasteiger charge is -2.47. The Morgan fingerprint density at radius 1 is 1.03 bits per heavy atom. The summed E-state index contributed by atoms with van der Waals surface area (Å²) in [5.41, 5.74) is 8.63. The van der Waals surface area contributed by atoms with Crippen LogP contribution in [0.3, 0.4) is 0 Å². The quantitative estimate of drug-likeness (QED) is 0.645. The standard InChI is InChI=1S/C29H32N4O4/c1-28(2)15-21-23(22(34)16-28)29(19-9-7-8-10-20(19)32(5)27(29)36)24(26(35)37-6)25(30)33(21)18-13-11-17(12-14-18)31(3)4/h7-14H,15-16,30H2,1-6H3. The number of esters is 1. The average molecular weight is 501 g/mol. The van der Waals surface area contributed by atoms with E-state index in [4.69, 9.17) is 10.5 Å². The first-order valence-corrected chi connectivity index (χ1v) is 12.3. The van der Waals surface area contributed by atoms with E-state index in [0.29, 0.717) is 34.6 Å². The Labute approximate surface area is 217 Å². The number of fused-ring (bicyclic) bond motifs is 3. The maximum atomic E-state index is 14.3. The Balaban J connectivity index is 1.90. The molecule has 0 bridgehead atoms. The first-order chi connectivity index (χ1) is 17.5. The van der Waals surface area contributed by atoms with Gasteiger partial charge in [-0.25, -0.2) is 4.79 Å². The van der Waals surface area contributed by atoms with E-state index < -0.39 is 11.4 Å². The number of hydrogen-bond donors (Lipinski definition) is 1. The summed E-state index contributed by atoms with van der Waals surface area (Å²) in [6.07, 6.45) is 0.744. The van der Waals surface area contributed by atoms with Crippen LogP contribution in [0.1, 0.15) is 32.3 Å². The van der Waals surface area contributed by atoms with Crippen LogP contribution in [0.2, 0.25) is 0 Å². The average Bonchev–Trinajstić information content (AvgIpc) is 3.06. The molecule has 3 aliphatic rings. The van der Waals surface area contributed by atoms with Crippen LogP contribution in [-0.2, 0) is 24.5 Å². The van der Waals surface area contributed by atoms with Crippen LogP contribution >= 0.6 is 0 Å². The third-order valence-corrected chi connectivity index (χ3v) is 7.68. The smallest absolute Gasteiger partial charge is 0.339 e. The van der Waals surface area contributed by atoms with E-state index in [1.54, 1.807) is 18.0 Å². The highest BCUT2D eigenvalue weighted by molar-refractivity contribution is 6.24. The minimum absolute atomic E-state index is 0.0275. The van der Waals surface area contributed by atoms with Crippen LogP contribution in [0.4, 0.5) is 17.1 Å². The largest absolute Gasteiger partial charge is 0.466 e. The summed E-state index contributed by atoms with van der Waals surface area (Å²) in [5, 5.41) is 0. The summed E-state index contributed by atoms with van der Waals surface area (Å²) in [7, 11) is 6.82. The lowest BCUT2D eigenvalue weighted by Crippen LogP contribution is -2.55. The van der Waals surface area contributed by atoms with Gasteiger partial charge in [0.15, 0.2) is 5.78 Å². The van der Waals surface area contributed by atoms with Crippen molar-refractivity contribution in [2.45, 2.75) is 32.1 Å². The van der Waals surface area contributed by atoms with Crippen molar-refractivity contribution in [2.24, 2.45) is 11.1 Å². The molecule has 1 aliphatic carbocycles. The zero-order valence-corrected chi connectivity index (χ0v) is 22.1. The number of amides is 1. The molecular weight excluding hydrogens is 468 g/mol. The first kappa shape index (κ1) is 24.6. The van der Waals surface area contributed by atoms with E-state index in [-0.39, 0.29) is 34.9 Å². The van der Waals surface area contributed by atoms with Gasteiger partial charge in [0.25, 0.3) is 0 Å². The number of nitrogens with two attached hydrogens (primary N) is 1. The van der Waals surface area contributed by atoms with Gasteiger partial charge in [0.05, 0.1) is 7.11 Å². The van der Waals surface area contributed by atoms with E-state index >= 15 is 0 Å². The van der Waals surface area contributed by atoms with Crippen molar-refractivity contribution in [3.8, 4) is 0 Å². The van der Waals surface area contributed by atoms with Gasteiger partial charge in [-0.3, -0.25) is 14.5 Å². The minimum Gasteiger partial charge on any atom is -0.466 e. The van der Waals surface area contributed by atoms with Crippen LogP contribution in [0.5, 0.6) is 0 Å². The predicted octanol–water partition coefficient (Wildman–Crippen LogP) is 3.47. The Bertz CT molecular complexity index is 1400. The molecule has 0 aromatic heterocycles. The highest BCUT2D eigenvalue weighted by Gasteiger charge is 2.64. The fourth-order valence-corrected chi connectivity index (χ4v) is 6.08. The molecule has 8 heteroatoms. The molecule has 0 saturated heterocycles. The lowest BCUT2D eigenvalue weighted by molar-refractivity contribution is -0.138. The topological polar surface area (TPSA) is 96.2 Å². The zero-order chi connectivity index (χ0) is 26.9. The summed E-state index contributed by atoms with van der Waals surface area (Å²) in [5.74, 6) is -1.21. The molecule has 8 nitrogen and oxygen atoms in total. The number of likely N-dealkylation sites (N-methyl/N-ethyl adjacent to an activating group) is 1. The second kappa shape index (κ2) is 8.23. The Kier molecular flexibility index (Phi) is 5.47. The molecule has 0 saturated carbocycles. The zero-order valence-electron chi connectivity index (χ0n) is 22.1. The maximum Gasteiger partial charge on any atom is 0.339 e. The van der Waals surface area contributed by atoms with Gasteiger partial charge in [0.2, 0.25) is 5.91 Å². The second-order valence-corrected chi connectivity index (χ2v) is 10.9. The molecular formula is C29H32N4O4. The molecule has 1 amide bonds. The van der Waals surface area contributed by atoms with Crippen molar-refractivity contribution < 1.29 is 19.1 Å². The molecule has 0 radical (unpaired) electrons. The molecule has 37 heavy (non-hydrogen) atoms. The van der Waals surface area contributed by atoms with Gasteiger partial charge in [-0.2, -0.15) is 0 Å². The summed E-state index contributed by atoms with van der Waals surface area (Å²) < 4.78 is 5.22. The number of hydrogen-bond acceptors (Lipinski definition) is 7. The number of para-hydroxylation sites is 1. The molecule has 5 rings (SSSR count). The number of rotatable bonds is 3. The molecule has 1 spiro atoms. The van der Waals surface area contributed by atoms with Crippen LogP contribution < -0.4 is 20.4 Å². The summed E-state index contributed by atoms with van der Waals surface area (Å²) in [6.45, 7) is 4.06. The van der Waals surface area contributed by atoms with Crippen LogP contribution in [0.25, 0.3) is 0 Å². The van der Waals surface area contributed by atoms with Crippen molar-refractivity contribution in [3.05, 3.63) is 76.8 Å². The number of benzene rings is 2. The van der Waals surface area contributed by atoms with Crippen molar-refractivity contribution in [1.82, 2.24) is 0 Å². The molecule has 1 atom stereocenters. The molecule has 2 aromatic carbocycles. The normalized spacial score (nSPS) is 22.4. The van der Waals surface area contributed by atoms with Crippen LogP contribution in [0.15, 0.2) is 71.2 Å². The van der Waals surface area contributed by atoms with E-state index in [0.717, 1.165) is 5.69 Å². The van der Waals surface area contributed by atoms with Gasteiger partial charge < -0.3 is 20.3 Å². The number of methoxy groups -OCH3 is 1. The molecule has 0 fully saturated rings. The van der Waals surface area contributed by atoms with Crippen molar-refractivity contribution in [3.63, 3.8) is 0 Å². The van der Waals surface area contributed by atoms with Gasteiger partial charge >= 0.3 is 5.97 Å². The summed E-state index contributed by atoms with van der Waals surface area (Å²) >= 11 is 0. The second-order valence-electron chi connectivity index (χ2n) is 10.9. The van der Waals surface area contributed by atoms with Gasteiger partial charge in [0.1, 0.15) is 16.8 Å². The molecule has 2 aliphatic heterocycles. The molecule has 1 unspecified atom stereocenters. The fraction of sp³-hybridized carbons (Fsp3) is 0.345. The Morgan fingerprint density at radius 2 is 1.68 bits per heavy atom. The van der Waals surface area contributed by atoms with Gasteiger partial charge in [-0.15, -0.1) is 0 Å². The minimum atomic E-state index is -1.68. The van der Waals surface area contributed by atoms with Crippen molar-refractivity contribution in [2.75, 3.05) is 43.0 Å². The van der Waals surface area contributed by atoms with E-state index in [2.05, 4.69) is 0 Å². The number of nitrogens with zero attached hydrogens (tertiary/aromatic N) is 3. The first-order valence-electron chi connectivity index (χ1n) is 12.3. The number of ketones is 1. The highest BCUT2D eigenvalue weighted by Crippen LogP contribution is 2.58. The monoisotopic (exact) mass is 500 g/mol. The highest BCUT2D eigenvalue weighted by atomic mass is 16.5. The Hall–Kier alpha value is -4.07.